The smallest absolute Gasteiger partial charge is 0.336 e. The molecule has 2 aliphatic heterocycles. The first-order valence-corrected chi connectivity index (χ1v) is 16.3. The van der Waals surface area contributed by atoms with Crippen LogP contribution in [0.3, 0.4) is 0 Å². The molecule has 1 spiro atoms. The van der Waals surface area contributed by atoms with Crippen molar-refractivity contribution in [3.05, 3.63) is 80.0 Å². The van der Waals surface area contributed by atoms with E-state index in [1.165, 1.54) is 12.7 Å². The number of carboxylic acid groups (broad SMARTS) is 1. The number of pyridine rings is 1. The number of ether oxygens (including phenoxy) is 3. The highest BCUT2D eigenvalue weighted by Crippen LogP contribution is 2.48. The average Bonchev–Trinajstić information content (AvgIpc) is 3.37. The number of aromatic amines is 1. The second-order valence-corrected chi connectivity index (χ2v) is 12.9. The lowest BCUT2D eigenvalue weighted by molar-refractivity contribution is 0.00673. The van der Waals surface area contributed by atoms with E-state index in [4.69, 9.17) is 19.9 Å². The van der Waals surface area contributed by atoms with Crippen LogP contribution in [-0.2, 0) is 34.3 Å². The predicted molar refractivity (Wildman–Crippen MR) is 175 cm³/mol. The molecule has 3 heterocycles. The van der Waals surface area contributed by atoms with Gasteiger partial charge in [0.2, 0.25) is 0 Å². The largest absolute Gasteiger partial charge is 0.496 e. The first-order valence-electron chi connectivity index (χ1n) is 16.3. The first kappa shape index (κ1) is 32.2. The third kappa shape index (κ3) is 5.94. The molecule has 10 heteroatoms. The highest BCUT2D eigenvalue weighted by molar-refractivity contribution is 5.94. The van der Waals surface area contributed by atoms with E-state index < -0.39 is 5.97 Å². The van der Waals surface area contributed by atoms with E-state index in [9.17, 15) is 14.7 Å². The first-order chi connectivity index (χ1) is 22.2. The Morgan fingerprint density at radius 2 is 1.96 bits per heavy atom. The summed E-state index contributed by atoms with van der Waals surface area (Å²) >= 11 is 0. The lowest BCUT2D eigenvalue weighted by Crippen LogP contribution is -2.43. The fourth-order valence-electron chi connectivity index (χ4n) is 7.96. The van der Waals surface area contributed by atoms with Crippen molar-refractivity contribution < 1.29 is 28.5 Å². The van der Waals surface area contributed by atoms with E-state index in [0.29, 0.717) is 72.9 Å². The Kier molecular flexibility index (Phi) is 9.23. The number of carboxylic acids is 1. The van der Waals surface area contributed by atoms with Crippen LogP contribution in [0.2, 0.25) is 0 Å². The maximum atomic E-state index is 15.8. The molecule has 0 radical (unpaired) electrons. The predicted octanol–water partition coefficient (Wildman–Crippen LogP) is 5.27. The third-order valence-corrected chi connectivity index (χ3v) is 10.5. The molecule has 4 N–H and O–H groups in total. The molecule has 1 aliphatic carbocycles. The van der Waals surface area contributed by atoms with Gasteiger partial charge in [-0.15, -0.1) is 0 Å². The molecule has 246 valence electrons. The number of hydrogen-bond acceptors (Lipinski definition) is 7. The zero-order valence-electron chi connectivity index (χ0n) is 26.9. The molecule has 2 fully saturated rings. The number of benzene rings is 2. The zero-order chi connectivity index (χ0) is 32.6. The van der Waals surface area contributed by atoms with Gasteiger partial charge in [-0.1, -0.05) is 0 Å². The number of nitrogens with two attached hydrogens (primary N) is 1. The lowest BCUT2D eigenvalue weighted by atomic mass is 9.75. The molecule has 6 rings (SSSR count). The van der Waals surface area contributed by atoms with Crippen LogP contribution in [0.5, 0.6) is 5.75 Å². The molecule has 1 aromatic heterocycles. The van der Waals surface area contributed by atoms with E-state index in [-0.39, 0.29) is 41.0 Å². The lowest BCUT2D eigenvalue weighted by Gasteiger charge is -2.39. The van der Waals surface area contributed by atoms with Crippen LogP contribution in [0, 0.1) is 12.7 Å². The van der Waals surface area contributed by atoms with Crippen LogP contribution in [0.4, 0.5) is 10.1 Å². The number of hydrogen-bond donors (Lipinski definition) is 3. The number of nitrogens with one attached hydrogen (secondary N) is 1. The summed E-state index contributed by atoms with van der Waals surface area (Å²) in [6.07, 6.45) is 5.38. The van der Waals surface area contributed by atoms with Gasteiger partial charge in [0.25, 0.3) is 5.56 Å². The molecule has 3 aliphatic rings. The van der Waals surface area contributed by atoms with Gasteiger partial charge in [-0.25, -0.2) is 9.18 Å². The molecule has 0 amide bonds. The topological polar surface area (TPSA) is 127 Å². The van der Waals surface area contributed by atoms with Crippen molar-refractivity contribution in [2.24, 2.45) is 5.73 Å². The molecule has 0 saturated carbocycles. The average molecular weight is 634 g/mol. The van der Waals surface area contributed by atoms with Crippen molar-refractivity contribution in [3.63, 3.8) is 0 Å². The summed E-state index contributed by atoms with van der Waals surface area (Å²) < 4.78 is 33.1. The molecule has 3 aromatic rings. The minimum absolute atomic E-state index is 0.00924. The minimum atomic E-state index is -1.04. The normalized spacial score (nSPS) is 20.5. The van der Waals surface area contributed by atoms with E-state index in [0.717, 1.165) is 43.4 Å². The van der Waals surface area contributed by atoms with Gasteiger partial charge in [0.1, 0.15) is 11.6 Å². The van der Waals surface area contributed by atoms with Crippen molar-refractivity contribution in [2.45, 2.75) is 82.9 Å². The van der Waals surface area contributed by atoms with Gasteiger partial charge < -0.3 is 34.9 Å². The highest BCUT2D eigenvalue weighted by Gasteiger charge is 2.41. The molecule has 2 saturated heterocycles. The van der Waals surface area contributed by atoms with Crippen molar-refractivity contribution in [2.75, 3.05) is 38.4 Å². The van der Waals surface area contributed by atoms with E-state index in [1.54, 1.807) is 18.2 Å². The van der Waals surface area contributed by atoms with E-state index in [2.05, 4.69) is 16.8 Å². The zero-order valence-corrected chi connectivity index (χ0v) is 26.9. The van der Waals surface area contributed by atoms with Gasteiger partial charge in [0.15, 0.2) is 0 Å². The van der Waals surface area contributed by atoms with Gasteiger partial charge >= 0.3 is 5.97 Å². The number of methoxy groups -OCH3 is 1. The number of nitrogens with zero attached hydrogens (tertiary/aromatic N) is 1. The molecule has 9 nitrogen and oxygen atoms in total. The van der Waals surface area contributed by atoms with Crippen molar-refractivity contribution in [3.8, 4) is 16.9 Å². The Morgan fingerprint density at radius 3 is 2.65 bits per heavy atom. The van der Waals surface area contributed by atoms with E-state index >= 15 is 4.39 Å². The van der Waals surface area contributed by atoms with Crippen LogP contribution in [0.1, 0.15) is 77.3 Å². The summed E-state index contributed by atoms with van der Waals surface area (Å²) in [6.45, 7) is 6.50. The maximum Gasteiger partial charge on any atom is 0.336 e. The number of fused-ring (bicyclic) bond motifs is 2. The summed E-state index contributed by atoms with van der Waals surface area (Å²) in [5.74, 6) is -0.907. The van der Waals surface area contributed by atoms with Gasteiger partial charge in [-0.2, -0.15) is 0 Å². The summed E-state index contributed by atoms with van der Waals surface area (Å²) in [6, 6.07) is 9.07. The monoisotopic (exact) mass is 633 g/mol. The van der Waals surface area contributed by atoms with Crippen LogP contribution in [0.15, 0.2) is 35.1 Å². The molecule has 2 atom stereocenters. The SMILES string of the molecule is CCN(c1cc(-c2cc3c(cc2F)CCC32CCOCC2)cc(C(=O)O)c1C)C1CCOC(Cc2cc(OC)c(CN)c(=O)[nH]2)C1. The molecular weight excluding hydrogens is 589 g/mol. The van der Waals surface area contributed by atoms with Crippen molar-refractivity contribution >= 4 is 11.7 Å². The molecule has 46 heavy (non-hydrogen) atoms. The quantitative estimate of drug-likeness (QED) is 0.291. The summed E-state index contributed by atoms with van der Waals surface area (Å²) in [5, 5.41) is 10.3. The molecular formula is C36H44FN3O6. The number of anilines is 1. The van der Waals surface area contributed by atoms with Crippen LogP contribution in [0.25, 0.3) is 11.1 Å². The Bertz CT molecular complexity index is 1680. The van der Waals surface area contributed by atoms with Crippen LogP contribution >= 0.6 is 0 Å². The third-order valence-electron chi connectivity index (χ3n) is 10.5. The van der Waals surface area contributed by atoms with Crippen molar-refractivity contribution in [1.29, 1.82) is 0 Å². The van der Waals surface area contributed by atoms with Gasteiger partial charge in [0.05, 0.1) is 24.3 Å². The standard InChI is InChI=1S/C36H44FN3O6/c1-4-40(25-6-10-46-26(18-25)16-24-17-33(44-3)29(20-38)34(41)39-24)32-15-23(13-27(21(32)2)35(42)43)28-19-30-22(14-31(28)37)5-7-36(30)8-11-45-12-9-36/h13-15,17,19,25-26H,4-12,16,18,20,38H2,1-3H3,(H,39,41)(H,42,43). The summed E-state index contributed by atoms with van der Waals surface area (Å²) in [7, 11) is 1.52. The Labute approximate surface area is 268 Å². The van der Waals surface area contributed by atoms with Gasteiger partial charge in [0, 0.05) is 73.8 Å². The van der Waals surface area contributed by atoms with E-state index in [1.807, 2.05) is 19.1 Å². The fourth-order valence-corrected chi connectivity index (χ4v) is 7.96. The number of rotatable bonds is 9. The molecule has 0 bridgehead atoms. The number of aromatic carboxylic acids is 1. The van der Waals surface area contributed by atoms with Gasteiger partial charge in [-0.3, -0.25) is 4.79 Å². The van der Waals surface area contributed by atoms with Gasteiger partial charge in [-0.05, 0) is 98.9 Å². The number of aryl methyl sites for hydroxylation is 1. The second-order valence-electron chi connectivity index (χ2n) is 12.9. The Hall–Kier alpha value is -3.73. The second kappa shape index (κ2) is 13.2. The number of aromatic nitrogens is 1. The fraction of sp³-hybridized carbons (Fsp3) is 0.500. The van der Waals surface area contributed by atoms with Crippen LogP contribution < -0.4 is 20.9 Å². The number of H-pyrrole nitrogens is 1. The Morgan fingerprint density at radius 1 is 1.17 bits per heavy atom. The molecule has 2 aromatic carbocycles. The summed E-state index contributed by atoms with van der Waals surface area (Å²) in [5.41, 5.74) is 11.4. The maximum absolute atomic E-state index is 15.8. The Balaban J connectivity index is 1.33. The van der Waals surface area contributed by atoms with Crippen molar-refractivity contribution in [1.82, 2.24) is 4.98 Å². The summed E-state index contributed by atoms with van der Waals surface area (Å²) in [4.78, 5) is 30.3. The van der Waals surface area contributed by atoms with Crippen LogP contribution in [-0.4, -0.2) is 61.7 Å². The number of carbonyl (C=O) groups is 1. The minimum Gasteiger partial charge on any atom is -0.496 e. The molecule has 2 unspecified atom stereocenters. The highest BCUT2D eigenvalue weighted by atomic mass is 19.1. The number of halogens is 1.